The van der Waals surface area contributed by atoms with Gasteiger partial charge in [-0.2, -0.15) is 9.97 Å². The van der Waals surface area contributed by atoms with Gasteiger partial charge in [0.05, 0.1) is 16.7 Å². The molecule has 0 saturated carbocycles. The third kappa shape index (κ3) is 4.66. The molecular weight excluding hydrogens is 565 g/mol. The molecule has 3 aliphatic heterocycles. The van der Waals surface area contributed by atoms with Crippen LogP contribution in [0.1, 0.15) is 39.0 Å². The highest BCUT2D eigenvalue weighted by Crippen LogP contribution is 2.43. The largest absolute Gasteiger partial charge is 0.461 e. The molecule has 4 aromatic rings. The van der Waals surface area contributed by atoms with Gasteiger partial charge < -0.3 is 14.7 Å². The van der Waals surface area contributed by atoms with Crippen LogP contribution in [0.2, 0.25) is 5.02 Å². The maximum atomic E-state index is 16.6. The zero-order valence-electron chi connectivity index (χ0n) is 23.3. The minimum atomic E-state index is -0.990. The summed E-state index contributed by atoms with van der Waals surface area (Å²) >= 11 is 6.52. The first-order chi connectivity index (χ1) is 20.1. The van der Waals surface area contributed by atoms with E-state index in [1.165, 1.54) is 6.07 Å². The Balaban J connectivity index is 1.38. The number of alkyl halides is 1. The average molecular weight is 597 g/mol. The monoisotopic (exact) mass is 596 g/mol. The molecule has 220 valence electrons. The van der Waals surface area contributed by atoms with Crippen molar-refractivity contribution in [2.75, 3.05) is 37.7 Å². The molecule has 42 heavy (non-hydrogen) atoms. The molecule has 1 N–H and O–H groups in total. The van der Waals surface area contributed by atoms with Gasteiger partial charge in [-0.3, -0.25) is 4.90 Å². The van der Waals surface area contributed by atoms with E-state index in [9.17, 15) is 9.50 Å². The van der Waals surface area contributed by atoms with Crippen molar-refractivity contribution >= 4 is 39.1 Å². The fourth-order valence-electron chi connectivity index (χ4n) is 7.26. The smallest absolute Gasteiger partial charge is 0.319 e. The number of piperidine rings is 1. The third-order valence-corrected chi connectivity index (χ3v) is 9.49. The van der Waals surface area contributed by atoms with Crippen LogP contribution < -0.4 is 9.64 Å². The molecule has 3 aliphatic rings. The normalized spacial score (nSPS) is 26.3. The topological polar surface area (TPSA) is 61.7 Å². The Labute approximate surface area is 247 Å². The first kappa shape index (κ1) is 27.7. The fourth-order valence-corrected chi connectivity index (χ4v) is 7.55. The van der Waals surface area contributed by atoms with Gasteiger partial charge in [0.15, 0.2) is 5.82 Å². The van der Waals surface area contributed by atoms with Gasteiger partial charge in [0, 0.05) is 41.9 Å². The van der Waals surface area contributed by atoms with E-state index in [4.69, 9.17) is 16.3 Å². The highest BCUT2D eigenvalue weighted by Gasteiger charge is 2.49. The molecule has 4 heterocycles. The molecular formula is C32H32ClF3N4O2. The van der Waals surface area contributed by atoms with Crippen molar-refractivity contribution in [1.29, 1.82) is 0 Å². The van der Waals surface area contributed by atoms with Gasteiger partial charge >= 0.3 is 6.01 Å². The Hall–Kier alpha value is -3.14. The molecule has 0 spiro atoms. The summed E-state index contributed by atoms with van der Waals surface area (Å²) in [5, 5.41) is 12.7. The van der Waals surface area contributed by atoms with Crippen LogP contribution in [0.4, 0.5) is 19.0 Å². The van der Waals surface area contributed by atoms with E-state index in [-0.39, 0.29) is 35.6 Å². The van der Waals surface area contributed by atoms with Crippen LogP contribution in [-0.2, 0) is 0 Å². The van der Waals surface area contributed by atoms with Crippen LogP contribution in [0.25, 0.3) is 32.8 Å². The standard InChI is InChI=1S/C32H32ClF3N4O2/c1-31(41)10-4-12-39(17-31)29-22-14-24(35)26(21-8-2-6-19-7-3-9-23(33)25(19)21)27(36)28(22)37-30(38-29)42-18-32-11-5-13-40(32)16-20(34)15-32/h2-3,6-9,14,20,41H,4-5,10-13,15-18H2,1H3/t20-,31+,32+/m1/s1. The number of aliphatic hydroxyl groups is 1. The van der Waals surface area contributed by atoms with Crippen molar-refractivity contribution in [2.24, 2.45) is 0 Å². The molecule has 3 atom stereocenters. The molecule has 3 saturated heterocycles. The van der Waals surface area contributed by atoms with E-state index < -0.39 is 28.9 Å². The zero-order valence-corrected chi connectivity index (χ0v) is 24.1. The Morgan fingerprint density at radius 1 is 1.10 bits per heavy atom. The van der Waals surface area contributed by atoms with Crippen LogP contribution in [0.5, 0.6) is 6.01 Å². The highest BCUT2D eigenvalue weighted by molar-refractivity contribution is 6.36. The second kappa shape index (κ2) is 10.2. The Bertz CT molecular complexity index is 1700. The minimum absolute atomic E-state index is 0.0568. The van der Waals surface area contributed by atoms with E-state index in [0.717, 1.165) is 24.8 Å². The maximum absolute atomic E-state index is 16.6. The van der Waals surface area contributed by atoms with Gasteiger partial charge in [-0.25, -0.2) is 13.2 Å². The summed E-state index contributed by atoms with van der Waals surface area (Å²) in [4.78, 5) is 13.1. The number of rotatable bonds is 5. The SMILES string of the molecule is C[C@]1(O)CCCN(c2nc(OC[C@@]34CCCN3C[C@H](F)C4)nc3c(F)c(-c4cccc5cccc(Cl)c45)c(F)cc23)C1. The minimum Gasteiger partial charge on any atom is -0.461 e. The summed E-state index contributed by atoms with van der Waals surface area (Å²) in [6, 6.07) is 11.7. The summed E-state index contributed by atoms with van der Waals surface area (Å²) in [7, 11) is 0. The Morgan fingerprint density at radius 3 is 2.69 bits per heavy atom. The number of hydrogen-bond acceptors (Lipinski definition) is 6. The van der Waals surface area contributed by atoms with Gasteiger partial charge in [0.25, 0.3) is 0 Å². The number of fused-ring (bicyclic) bond motifs is 3. The van der Waals surface area contributed by atoms with Crippen LogP contribution in [0.15, 0.2) is 42.5 Å². The first-order valence-corrected chi connectivity index (χ1v) is 14.9. The molecule has 0 bridgehead atoms. The summed E-state index contributed by atoms with van der Waals surface area (Å²) in [6.07, 6.45) is 2.49. The molecule has 0 unspecified atom stereocenters. The summed E-state index contributed by atoms with van der Waals surface area (Å²) in [5.74, 6) is -1.32. The predicted molar refractivity (Wildman–Crippen MR) is 158 cm³/mol. The van der Waals surface area contributed by atoms with Gasteiger partial charge in [-0.05, 0) is 62.2 Å². The summed E-state index contributed by atoms with van der Waals surface area (Å²) in [5.41, 5.74) is -1.44. The number of aromatic nitrogens is 2. The molecule has 3 fully saturated rings. The lowest BCUT2D eigenvalue weighted by molar-refractivity contribution is 0.0447. The second-order valence-electron chi connectivity index (χ2n) is 12.3. The van der Waals surface area contributed by atoms with Gasteiger partial charge in [0.2, 0.25) is 0 Å². The van der Waals surface area contributed by atoms with Crippen LogP contribution >= 0.6 is 11.6 Å². The van der Waals surface area contributed by atoms with Crippen molar-refractivity contribution < 1.29 is 23.0 Å². The number of benzene rings is 3. The van der Waals surface area contributed by atoms with E-state index in [1.807, 2.05) is 17.0 Å². The molecule has 0 amide bonds. The van der Waals surface area contributed by atoms with Gasteiger partial charge in [-0.15, -0.1) is 0 Å². The van der Waals surface area contributed by atoms with Gasteiger partial charge in [0.1, 0.15) is 29.9 Å². The summed E-state index contributed by atoms with van der Waals surface area (Å²) < 4.78 is 53.1. The average Bonchev–Trinajstić information content (AvgIpc) is 3.47. The second-order valence-corrected chi connectivity index (χ2v) is 12.7. The lowest BCUT2D eigenvalue weighted by Gasteiger charge is -2.38. The quantitative estimate of drug-likeness (QED) is 0.277. The third-order valence-electron chi connectivity index (χ3n) is 9.17. The van der Waals surface area contributed by atoms with Crippen molar-refractivity contribution in [3.63, 3.8) is 0 Å². The van der Waals surface area contributed by atoms with Crippen molar-refractivity contribution in [2.45, 2.75) is 56.3 Å². The van der Waals surface area contributed by atoms with E-state index in [0.29, 0.717) is 54.1 Å². The lowest BCUT2D eigenvalue weighted by atomic mass is 9.94. The van der Waals surface area contributed by atoms with Crippen molar-refractivity contribution in [3.05, 3.63) is 59.1 Å². The van der Waals surface area contributed by atoms with Crippen LogP contribution in [0.3, 0.4) is 0 Å². The van der Waals surface area contributed by atoms with Crippen LogP contribution in [-0.4, -0.2) is 70.1 Å². The molecule has 6 nitrogen and oxygen atoms in total. The number of ether oxygens (including phenoxy) is 1. The summed E-state index contributed by atoms with van der Waals surface area (Å²) in [6.45, 7) is 3.88. The molecule has 7 rings (SSSR count). The predicted octanol–water partition coefficient (Wildman–Crippen LogP) is 6.69. The highest BCUT2D eigenvalue weighted by atomic mass is 35.5. The van der Waals surface area contributed by atoms with Gasteiger partial charge in [-0.1, -0.05) is 41.9 Å². The zero-order chi connectivity index (χ0) is 29.2. The molecule has 0 radical (unpaired) electrons. The number of nitrogens with zero attached hydrogens (tertiary/aromatic N) is 4. The van der Waals surface area contributed by atoms with Crippen LogP contribution in [0, 0.1) is 11.6 Å². The Morgan fingerprint density at radius 2 is 1.88 bits per heavy atom. The number of hydrogen-bond donors (Lipinski definition) is 1. The van der Waals surface area contributed by atoms with E-state index >= 15 is 8.78 Å². The first-order valence-electron chi connectivity index (χ1n) is 14.5. The molecule has 1 aromatic heterocycles. The molecule has 0 aliphatic carbocycles. The fraction of sp³-hybridized carbons (Fsp3) is 0.438. The number of anilines is 1. The van der Waals surface area contributed by atoms with E-state index in [1.54, 1.807) is 31.2 Å². The molecule has 10 heteroatoms. The Kier molecular flexibility index (Phi) is 6.75. The van der Waals surface area contributed by atoms with E-state index in [2.05, 4.69) is 14.9 Å². The van der Waals surface area contributed by atoms with Crippen molar-refractivity contribution in [3.8, 4) is 17.1 Å². The number of β-amino-alcohol motifs (C(OH)–C–C–N with tert-alkyl or cyclic N) is 1. The molecule has 3 aromatic carbocycles. The number of halogens is 4. The van der Waals surface area contributed by atoms with Crippen molar-refractivity contribution in [1.82, 2.24) is 14.9 Å². The lowest BCUT2D eigenvalue weighted by Crippen LogP contribution is -2.46. The maximum Gasteiger partial charge on any atom is 0.319 e.